The molecule has 1 aliphatic heterocycles. The highest BCUT2D eigenvalue weighted by Gasteiger charge is 2.26. The van der Waals surface area contributed by atoms with Gasteiger partial charge in [-0.25, -0.2) is 12.7 Å². The second-order valence-corrected chi connectivity index (χ2v) is 7.08. The third-order valence-corrected chi connectivity index (χ3v) is 4.82. The van der Waals surface area contributed by atoms with Crippen molar-refractivity contribution in [2.45, 2.75) is 25.3 Å². The summed E-state index contributed by atoms with van der Waals surface area (Å²) in [6.07, 6.45) is 6.91. The first-order valence-electron chi connectivity index (χ1n) is 6.01. The molecule has 0 amide bonds. The largest absolute Gasteiger partial charge is 0.272 e. The van der Waals surface area contributed by atoms with Gasteiger partial charge >= 0.3 is 0 Å². The molecular weight excluding hydrogens is 274 g/mol. The lowest BCUT2D eigenvalue weighted by Gasteiger charge is -2.30. The number of sulfonamides is 1. The predicted octanol–water partition coefficient (Wildman–Crippen LogP) is 1.29. The van der Waals surface area contributed by atoms with E-state index in [2.05, 4.69) is 5.10 Å². The van der Waals surface area contributed by atoms with Crippen LogP contribution >= 0.6 is 11.6 Å². The van der Waals surface area contributed by atoms with Gasteiger partial charge in [-0.05, 0) is 18.8 Å². The Hall–Kier alpha value is -0.590. The third kappa shape index (κ3) is 3.46. The topological polar surface area (TPSA) is 55.2 Å². The first-order chi connectivity index (χ1) is 8.49. The van der Waals surface area contributed by atoms with Gasteiger partial charge in [0.1, 0.15) is 0 Å². The molecule has 2 rings (SSSR count). The van der Waals surface area contributed by atoms with E-state index in [1.165, 1.54) is 6.26 Å². The van der Waals surface area contributed by atoms with E-state index in [1.807, 2.05) is 10.9 Å². The summed E-state index contributed by atoms with van der Waals surface area (Å²) in [5.74, 6) is 0.789. The average Bonchev–Trinajstić information content (AvgIpc) is 2.76. The van der Waals surface area contributed by atoms with Crippen LogP contribution in [0.2, 0.25) is 0 Å². The fourth-order valence-corrected chi connectivity index (χ4v) is 3.40. The van der Waals surface area contributed by atoms with Gasteiger partial charge < -0.3 is 0 Å². The molecule has 5 nitrogen and oxygen atoms in total. The van der Waals surface area contributed by atoms with Crippen molar-refractivity contribution in [2.24, 2.45) is 5.92 Å². The maximum absolute atomic E-state index is 11.5. The molecule has 2 heterocycles. The molecule has 18 heavy (non-hydrogen) atoms. The van der Waals surface area contributed by atoms with Gasteiger partial charge in [0, 0.05) is 31.4 Å². The van der Waals surface area contributed by atoms with Gasteiger partial charge in [0.25, 0.3) is 0 Å². The number of rotatable bonds is 4. The molecule has 7 heteroatoms. The number of halogens is 1. The highest BCUT2D eigenvalue weighted by molar-refractivity contribution is 7.88. The van der Waals surface area contributed by atoms with Gasteiger partial charge in [-0.15, -0.1) is 11.6 Å². The molecule has 1 aromatic heterocycles. The van der Waals surface area contributed by atoms with Crippen molar-refractivity contribution in [3.8, 4) is 0 Å². The quantitative estimate of drug-likeness (QED) is 0.786. The molecule has 1 fully saturated rings. The molecule has 1 saturated heterocycles. The predicted molar refractivity (Wildman–Crippen MR) is 70.9 cm³/mol. The Labute approximate surface area is 113 Å². The van der Waals surface area contributed by atoms with E-state index in [9.17, 15) is 8.42 Å². The molecule has 0 aromatic carbocycles. The monoisotopic (exact) mass is 291 g/mol. The van der Waals surface area contributed by atoms with Gasteiger partial charge in [-0.1, -0.05) is 0 Å². The summed E-state index contributed by atoms with van der Waals surface area (Å²) in [5, 5.41) is 4.23. The lowest BCUT2D eigenvalue weighted by Crippen LogP contribution is -2.40. The third-order valence-electron chi connectivity index (χ3n) is 3.24. The Balaban J connectivity index is 1.97. The molecule has 0 spiro atoms. The van der Waals surface area contributed by atoms with E-state index < -0.39 is 10.0 Å². The summed E-state index contributed by atoms with van der Waals surface area (Å²) in [4.78, 5) is 0. The van der Waals surface area contributed by atoms with Crippen LogP contribution in [-0.4, -0.2) is 41.8 Å². The number of alkyl halides is 1. The first kappa shape index (κ1) is 13.8. The maximum Gasteiger partial charge on any atom is 0.211 e. The minimum absolute atomic E-state index is 0.330. The highest BCUT2D eigenvalue weighted by Crippen LogP contribution is 2.20. The molecule has 102 valence electrons. The molecule has 1 unspecified atom stereocenters. The van der Waals surface area contributed by atoms with Crippen LogP contribution in [0.4, 0.5) is 0 Å². The van der Waals surface area contributed by atoms with Gasteiger partial charge in [-0.3, -0.25) is 4.68 Å². The van der Waals surface area contributed by atoms with Crippen LogP contribution in [0.3, 0.4) is 0 Å². The molecule has 0 radical (unpaired) electrons. The SMILES string of the molecule is CS(=O)(=O)N1CCCC(Cn2cc(CCl)cn2)C1. The van der Waals surface area contributed by atoms with Crippen molar-refractivity contribution in [2.75, 3.05) is 19.3 Å². The molecule has 0 aliphatic carbocycles. The van der Waals surface area contributed by atoms with E-state index in [0.29, 0.717) is 24.9 Å². The van der Waals surface area contributed by atoms with Crippen LogP contribution in [-0.2, 0) is 22.4 Å². The highest BCUT2D eigenvalue weighted by atomic mass is 35.5. The average molecular weight is 292 g/mol. The summed E-state index contributed by atoms with van der Waals surface area (Å²) < 4.78 is 26.5. The number of hydrogen-bond acceptors (Lipinski definition) is 3. The van der Waals surface area contributed by atoms with Crippen molar-refractivity contribution >= 4 is 21.6 Å². The van der Waals surface area contributed by atoms with E-state index in [4.69, 9.17) is 11.6 Å². The van der Waals surface area contributed by atoms with E-state index >= 15 is 0 Å². The van der Waals surface area contributed by atoms with Crippen molar-refractivity contribution < 1.29 is 8.42 Å². The number of piperidine rings is 1. The molecular formula is C11H18ClN3O2S. The maximum atomic E-state index is 11.5. The Bertz CT molecular complexity index is 500. The summed E-state index contributed by atoms with van der Waals surface area (Å²) in [6, 6.07) is 0. The van der Waals surface area contributed by atoms with Gasteiger partial charge in [0.2, 0.25) is 10.0 Å². The van der Waals surface area contributed by atoms with E-state index in [-0.39, 0.29) is 0 Å². The lowest BCUT2D eigenvalue weighted by atomic mass is 10.00. The molecule has 0 bridgehead atoms. The van der Waals surface area contributed by atoms with E-state index in [0.717, 1.165) is 24.9 Å². The number of aromatic nitrogens is 2. The lowest BCUT2D eigenvalue weighted by molar-refractivity contribution is 0.240. The second-order valence-electron chi connectivity index (χ2n) is 4.83. The Kier molecular flexibility index (Phi) is 4.29. The van der Waals surface area contributed by atoms with Crippen LogP contribution in [0.5, 0.6) is 0 Å². The zero-order valence-corrected chi connectivity index (χ0v) is 12.0. The number of hydrogen-bond donors (Lipinski definition) is 0. The Morgan fingerprint density at radius 2 is 2.33 bits per heavy atom. The van der Waals surface area contributed by atoms with Crippen LogP contribution in [0.1, 0.15) is 18.4 Å². The van der Waals surface area contributed by atoms with E-state index in [1.54, 1.807) is 10.5 Å². The van der Waals surface area contributed by atoms with Crippen LogP contribution in [0.25, 0.3) is 0 Å². The Morgan fingerprint density at radius 3 is 2.94 bits per heavy atom. The minimum Gasteiger partial charge on any atom is -0.272 e. The molecule has 1 atom stereocenters. The normalized spacial score (nSPS) is 22.2. The van der Waals surface area contributed by atoms with Crippen LogP contribution in [0.15, 0.2) is 12.4 Å². The standard InChI is InChI=1S/C11H18ClN3O2S/c1-18(16,17)15-4-2-3-10(9-15)7-14-8-11(5-12)6-13-14/h6,8,10H,2-5,7,9H2,1H3. The summed E-state index contributed by atoms with van der Waals surface area (Å²) in [7, 11) is -3.07. The zero-order chi connectivity index (χ0) is 13.2. The fourth-order valence-electron chi connectivity index (χ4n) is 2.32. The van der Waals surface area contributed by atoms with Gasteiger partial charge in [-0.2, -0.15) is 5.10 Å². The molecule has 0 saturated carbocycles. The van der Waals surface area contributed by atoms with Crippen molar-refractivity contribution in [1.82, 2.24) is 14.1 Å². The molecule has 1 aromatic rings. The van der Waals surface area contributed by atoms with Crippen molar-refractivity contribution in [3.05, 3.63) is 18.0 Å². The second kappa shape index (κ2) is 5.59. The zero-order valence-electron chi connectivity index (χ0n) is 10.4. The van der Waals surface area contributed by atoms with Gasteiger partial charge in [0.15, 0.2) is 0 Å². The van der Waals surface area contributed by atoms with Gasteiger partial charge in [0.05, 0.1) is 18.3 Å². The van der Waals surface area contributed by atoms with Crippen molar-refractivity contribution in [1.29, 1.82) is 0 Å². The van der Waals surface area contributed by atoms with Crippen LogP contribution in [0, 0.1) is 5.92 Å². The fraction of sp³-hybridized carbons (Fsp3) is 0.727. The van der Waals surface area contributed by atoms with Crippen molar-refractivity contribution in [3.63, 3.8) is 0 Å². The smallest absolute Gasteiger partial charge is 0.211 e. The first-order valence-corrected chi connectivity index (χ1v) is 8.39. The molecule has 1 aliphatic rings. The van der Waals surface area contributed by atoms with Crippen LogP contribution < -0.4 is 0 Å². The summed E-state index contributed by atoms with van der Waals surface area (Å²) >= 11 is 5.73. The molecule has 0 N–H and O–H groups in total. The number of nitrogens with zero attached hydrogens (tertiary/aromatic N) is 3. The summed E-state index contributed by atoms with van der Waals surface area (Å²) in [5.41, 5.74) is 0.993. The summed E-state index contributed by atoms with van der Waals surface area (Å²) in [6.45, 7) is 1.99. The Morgan fingerprint density at radius 1 is 1.56 bits per heavy atom. The minimum atomic E-state index is -3.07.